The van der Waals surface area contributed by atoms with Crippen LogP contribution in [0.1, 0.15) is 75.5 Å². The Balaban J connectivity index is 1.05. The second kappa shape index (κ2) is 19.5. The van der Waals surface area contributed by atoms with E-state index in [1.54, 1.807) is 49.2 Å². The van der Waals surface area contributed by atoms with Gasteiger partial charge in [0, 0.05) is 86.8 Å². The predicted octanol–water partition coefficient (Wildman–Crippen LogP) is 5.14. The summed E-state index contributed by atoms with van der Waals surface area (Å²) in [6.07, 6.45) is 7.48. The summed E-state index contributed by atoms with van der Waals surface area (Å²) in [5.74, 6) is -0.685. The van der Waals surface area contributed by atoms with Gasteiger partial charge in [0.1, 0.15) is 17.7 Å². The number of nitrogens with one attached hydrogen (secondary N) is 5. The zero-order chi connectivity index (χ0) is 43.8. The van der Waals surface area contributed by atoms with E-state index in [1.807, 2.05) is 61.5 Å². The molecule has 16 nitrogen and oxygen atoms in total. The van der Waals surface area contributed by atoms with Crippen LogP contribution in [0.2, 0.25) is 0 Å². The summed E-state index contributed by atoms with van der Waals surface area (Å²) >= 11 is 0. The topological polar surface area (TPSA) is 198 Å². The Morgan fingerprint density at radius 1 is 0.871 bits per heavy atom. The van der Waals surface area contributed by atoms with Gasteiger partial charge in [-0.15, -0.1) is 0 Å². The number of aryl methyl sites for hydroxylation is 1. The molecule has 2 saturated heterocycles. The molecule has 5 N–H and O–H groups in total. The van der Waals surface area contributed by atoms with E-state index in [4.69, 9.17) is 4.74 Å². The molecule has 0 aliphatic carbocycles. The number of H-pyrrole nitrogens is 2. The number of alkyl carbamates (subject to hydrolysis) is 1. The highest BCUT2D eigenvalue weighted by Crippen LogP contribution is 2.28. The Kier molecular flexibility index (Phi) is 13.7. The first-order chi connectivity index (χ1) is 29.8. The molecule has 2 atom stereocenters. The third-order valence-electron chi connectivity index (χ3n) is 11.7. The van der Waals surface area contributed by atoms with Gasteiger partial charge < -0.3 is 40.4 Å². The summed E-state index contributed by atoms with van der Waals surface area (Å²) in [5, 5.41) is 17.9. The van der Waals surface area contributed by atoms with Crippen molar-refractivity contribution in [1.29, 1.82) is 0 Å². The number of urea groups is 1. The minimum Gasteiger partial charge on any atom is -0.444 e. The third-order valence-corrected chi connectivity index (χ3v) is 11.7. The SMILES string of the molecule is Cc1cc(C[C@@H](NC(=O)N2CCC(c3cc4ccccc4[nH]c3=O)CC2)C(=O)N[C@H](CCCCNC(=O)OC(C)(C)C)C(=O)N2CCN(c3ccncc3)CC2)cc2cn[nH]c12. The molecule has 2 aliphatic rings. The zero-order valence-electron chi connectivity index (χ0n) is 36.0. The molecule has 328 valence electrons. The van der Waals surface area contributed by atoms with Crippen molar-refractivity contribution in [3.05, 3.63) is 100 Å². The number of rotatable bonds is 13. The lowest BCUT2D eigenvalue weighted by atomic mass is 9.89. The van der Waals surface area contributed by atoms with Crippen LogP contribution in [-0.2, 0) is 20.7 Å². The van der Waals surface area contributed by atoms with Crippen molar-refractivity contribution < 1.29 is 23.9 Å². The summed E-state index contributed by atoms with van der Waals surface area (Å²) in [6, 6.07) is 15.2. The normalized spacial score (nSPS) is 15.9. The highest BCUT2D eigenvalue weighted by Gasteiger charge is 2.33. The molecule has 7 rings (SSSR count). The van der Waals surface area contributed by atoms with E-state index < -0.39 is 29.7 Å². The van der Waals surface area contributed by atoms with Gasteiger partial charge in [-0.2, -0.15) is 5.10 Å². The molecule has 0 radical (unpaired) electrons. The number of amides is 5. The maximum absolute atomic E-state index is 14.5. The predicted molar refractivity (Wildman–Crippen MR) is 238 cm³/mol. The average Bonchev–Trinajstić information content (AvgIpc) is 3.74. The third kappa shape index (κ3) is 11.1. The first kappa shape index (κ1) is 43.6. The number of piperazine rings is 1. The van der Waals surface area contributed by atoms with Crippen LogP contribution in [0.15, 0.2) is 78.0 Å². The number of unbranched alkanes of at least 4 members (excludes halogenated alkanes) is 1. The Hall–Kier alpha value is -6.45. The van der Waals surface area contributed by atoms with Gasteiger partial charge in [-0.1, -0.05) is 24.3 Å². The molecule has 0 bridgehead atoms. The highest BCUT2D eigenvalue weighted by atomic mass is 16.6. The fourth-order valence-electron chi connectivity index (χ4n) is 8.44. The first-order valence-corrected chi connectivity index (χ1v) is 21.6. The van der Waals surface area contributed by atoms with Crippen molar-refractivity contribution in [3.63, 3.8) is 0 Å². The zero-order valence-corrected chi connectivity index (χ0v) is 36.0. The molecule has 0 spiro atoms. The fraction of sp³-hybridized carbons (Fsp3) is 0.457. The fourth-order valence-corrected chi connectivity index (χ4v) is 8.44. The Morgan fingerprint density at radius 2 is 1.61 bits per heavy atom. The van der Waals surface area contributed by atoms with Gasteiger partial charge in [0.25, 0.3) is 5.56 Å². The second-order valence-corrected chi connectivity index (χ2v) is 17.4. The lowest BCUT2D eigenvalue weighted by molar-refractivity contribution is -0.137. The number of para-hydroxylation sites is 1. The van der Waals surface area contributed by atoms with Crippen molar-refractivity contribution in [2.24, 2.45) is 0 Å². The second-order valence-electron chi connectivity index (χ2n) is 17.4. The lowest BCUT2D eigenvalue weighted by Crippen LogP contribution is -2.59. The Morgan fingerprint density at radius 3 is 2.35 bits per heavy atom. The number of likely N-dealkylation sites (tertiary alicyclic amines) is 1. The molecule has 16 heteroatoms. The van der Waals surface area contributed by atoms with E-state index in [-0.39, 0.29) is 29.8 Å². The summed E-state index contributed by atoms with van der Waals surface area (Å²) in [6.45, 7) is 10.7. The molecule has 0 saturated carbocycles. The Bertz CT molecular complexity index is 2410. The van der Waals surface area contributed by atoms with Gasteiger partial charge in [-0.05, 0) is 113 Å². The van der Waals surface area contributed by atoms with Crippen molar-refractivity contribution >= 4 is 51.4 Å². The van der Waals surface area contributed by atoms with Gasteiger partial charge in [-0.3, -0.25) is 24.5 Å². The van der Waals surface area contributed by atoms with E-state index >= 15 is 0 Å². The quantitative estimate of drug-likeness (QED) is 0.0998. The number of carbonyl (C=O) groups is 4. The highest BCUT2D eigenvalue weighted by molar-refractivity contribution is 5.92. The van der Waals surface area contributed by atoms with Gasteiger partial charge in [0.05, 0.1) is 11.7 Å². The van der Waals surface area contributed by atoms with Crippen molar-refractivity contribution in [3.8, 4) is 0 Å². The van der Waals surface area contributed by atoms with E-state index in [9.17, 15) is 24.0 Å². The van der Waals surface area contributed by atoms with Gasteiger partial charge in [0.15, 0.2) is 0 Å². The van der Waals surface area contributed by atoms with Crippen LogP contribution in [0.4, 0.5) is 15.3 Å². The largest absolute Gasteiger partial charge is 0.444 e. The van der Waals surface area contributed by atoms with Gasteiger partial charge in [-0.25, -0.2) is 9.59 Å². The van der Waals surface area contributed by atoms with Crippen LogP contribution in [0.3, 0.4) is 0 Å². The number of hydrogen-bond acceptors (Lipinski definition) is 9. The van der Waals surface area contributed by atoms with E-state index in [0.29, 0.717) is 83.5 Å². The number of hydrogen-bond donors (Lipinski definition) is 5. The number of nitrogens with zero attached hydrogens (tertiary/aromatic N) is 5. The molecule has 2 fully saturated rings. The van der Waals surface area contributed by atoms with Crippen molar-refractivity contribution in [2.45, 2.75) is 89.8 Å². The molecule has 5 aromatic rings. The summed E-state index contributed by atoms with van der Waals surface area (Å²) < 4.78 is 5.37. The molecular weight excluding hydrogens is 789 g/mol. The Labute approximate surface area is 361 Å². The van der Waals surface area contributed by atoms with Crippen LogP contribution >= 0.6 is 0 Å². The number of aromatic nitrogens is 4. The number of fused-ring (bicyclic) bond motifs is 2. The van der Waals surface area contributed by atoms with Crippen LogP contribution < -0.4 is 26.4 Å². The summed E-state index contributed by atoms with van der Waals surface area (Å²) in [4.78, 5) is 81.0. The standard InChI is InChI=1S/C46H58N10O6/c1-30-25-31(26-34-29-49-53-40(30)34)27-39(52-44(60)56-19-14-32(15-20-56)36-28-33-9-5-6-10-37(33)50-41(36)57)42(58)51-38(11-7-8-16-48-45(61)62-46(2,3)4)43(59)55-23-21-54(22-24-55)35-12-17-47-18-13-35/h5-6,9-10,12-13,17-18,25-26,28-29,32,38-39H,7-8,11,14-16,19-24,27H2,1-4H3,(H,48,61)(H,49,53)(H,50,57)(H,51,58)(H,52,60)/t38-,39-/m1/s1. The number of benzene rings is 2. The van der Waals surface area contributed by atoms with Crippen LogP contribution in [0.5, 0.6) is 0 Å². The molecule has 62 heavy (non-hydrogen) atoms. The molecule has 5 amide bonds. The van der Waals surface area contributed by atoms with Crippen molar-refractivity contribution in [2.75, 3.05) is 50.7 Å². The maximum Gasteiger partial charge on any atom is 0.407 e. The van der Waals surface area contributed by atoms with E-state index in [0.717, 1.165) is 38.6 Å². The number of piperidine rings is 1. The van der Waals surface area contributed by atoms with E-state index in [2.05, 4.69) is 41.0 Å². The number of pyridine rings is 2. The van der Waals surface area contributed by atoms with E-state index in [1.165, 1.54) is 0 Å². The molecular formula is C46H58N10O6. The minimum atomic E-state index is -1.01. The van der Waals surface area contributed by atoms with Crippen LogP contribution in [-0.4, -0.2) is 117 Å². The average molecular weight is 847 g/mol. The molecule has 2 aliphatic heterocycles. The van der Waals surface area contributed by atoms with Gasteiger partial charge in [0.2, 0.25) is 11.8 Å². The summed E-state index contributed by atoms with van der Waals surface area (Å²) in [7, 11) is 0. The molecule has 2 aromatic carbocycles. The summed E-state index contributed by atoms with van der Waals surface area (Å²) in [5.41, 5.74) is 4.45. The number of aromatic amines is 2. The van der Waals surface area contributed by atoms with Gasteiger partial charge >= 0.3 is 12.1 Å². The number of anilines is 1. The van der Waals surface area contributed by atoms with Crippen LogP contribution in [0.25, 0.3) is 21.8 Å². The number of carbonyl (C=O) groups excluding carboxylic acids is 4. The minimum absolute atomic E-state index is 0.0196. The molecule has 5 heterocycles. The monoisotopic (exact) mass is 846 g/mol. The van der Waals surface area contributed by atoms with Crippen molar-refractivity contribution in [1.82, 2.24) is 45.9 Å². The van der Waals surface area contributed by atoms with Crippen LogP contribution in [0, 0.1) is 6.92 Å². The smallest absolute Gasteiger partial charge is 0.407 e. The number of ether oxygens (including phenoxy) is 1. The lowest BCUT2D eigenvalue weighted by Gasteiger charge is -2.38. The molecule has 0 unspecified atom stereocenters. The maximum atomic E-state index is 14.5. The molecule has 3 aromatic heterocycles. The first-order valence-electron chi connectivity index (χ1n) is 21.6.